The third-order valence-electron chi connectivity index (χ3n) is 7.61. The van der Waals surface area contributed by atoms with Crippen LogP contribution in [-0.2, 0) is 17.4 Å². The van der Waals surface area contributed by atoms with Gasteiger partial charge in [-0.25, -0.2) is 27.1 Å². The summed E-state index contributed by atoms with van der Waals surface area (Å²) in [6, 6.07) is 1.64. The monoisotopic (exact) mass is 586 g/mol. The van der Waals surface area contributed by atoms with Crippen LogP contribution >= 0.6 is 0 Å². The predicted octanol–water partition coefficient (Wildman–Crippen LogP) is 4.41. The fourth-order valence-electron chi connectivity index (χ4n) is 5.58. The lowest BCUT2D eigenvalue weighted by atomic mass is 9.98. The number of nitrogens with two attached hydrogens (primary N) is 1. The van der Waals surface area contributed by atoms with Gasteiger partial charge in [0.05, 0.1) is 23.8 Å². The maximum Gasteiger partial charge on any atom is 0.418 e. The highest BCUT2D eigenvalue weighted by Gasteiger charge is 2.46. The first kappa shape index (κ1) is 28.6. The van der Waals surface area contributed by atoms with E-state index in [-0.39, 0.29) is 41.8 Å². The summed E-state index contributed by atoms with van der Waals surface area (Å²) in [6.45, 7) is 0.882. The number of nitrogens with one attached hydrogen (secondary N) is 1. The number of nitrogen functional groups attached to an aromatic ring is 1. The number of alkyl halides is 6. The van der Waals surface area contributed by atoms with E-state index in [2.05, 4.69) is 15.4 Å². The second-order valence-corrected chi connectivity index (χ2v) is 10.3. The first-order valence-electron chi connectivity index (χ1n) is 12.8. The molecule has 220 valence electrons. The Balaban J connectivity index is 1.44. The smallest absolute Gasteiger partial charge is 0.382 e. The molecule has 2 fully saturated rings. The summed E-state index contributed by atoms with van der Waals surface area (Å²) in [6.07, 6.45) is -6.69. The molecule has 1 aliphatic heterocycles. The summed E-state index contributed by atoms with van der Waals surface area (Å²) in [5.74, 6) is -6.78. The average molecular weight is 587 g/mol. The van der Waals surface area contributed by atoms with Crippen molar-refractivity contribution < 1.29 is 40.3 Å². The quantitative estimate of drug-likeness (QED) is 0.431. The predicted molar refractivity (Wildman–Crippen MR) is 132 cm³/mol. The molecule has 1 aromatic carbocycles. The minimum Gasteiger partial charge on any atom is -0.382 e. The van der Waals surface area contributed by atoms with Gasteiger partial charge in [0.2, 0.25) is 11.8 Å². The number of aromatic nitrogens is 3. The van der Waals surface area contributed by atoms with E-state index in [1.165, 1.54) is 6.07 Å². The molecule has 3 aromatic rings. The summed E-state index contributed by atoms with van der Waals surface area (Å²) in [5, 5.41) is 6.27. The fraction of sp³-hybridized carbons (Fsp3) is 0.462. The lowest BCUT2D eigenvalue weighted by Gasteiger charge is -2.21. The van der Waals surface area contributed by atoms with Crippen LogP contribution in [0.3, 0.4) is 0 Å². The Morgan fingerprint density at radius 2 is 1.93 bits per heavy atom. The second kappa shape index (κ2) is 10.2. The number of hydrogen-bond donors (Lipinski definition) is 2. The summed E-state index contributed by atoms with van der Waals surface area (Å²) < 4.78 is 99.4. The van der Waals surface area contributed by atoms with Crippen molar-refractivity contribution in [2.45, 2.75) is 56.9 Å². The van der Waals surface area contributed by atoms with Crippen LogP contribution in [0.15, 0.2) is 24.5 Å². The first-order valence-corrected chi connectivity index (χ1v) is 12.8. The maximum absolute atomic E-state index is 15.2. The number of halogens is 7. The number of hydrogen-bond acceptors (Lipinski definition) is 5. The van der Waals surface area contributed by atoms with Gasteiger partial charge < -0.3 is 16.0 Å². The van der Waals surface area contributed by atoms with E-state index in [9.17, 15) is 35.9 Å². The highest BCUT2D eigenvalue weighted by Crippen LogP contribution is 2.41. The van der Waals surface area contributed by atoms with E-state index < -0.39 is 84.1 Å². The standard InChI is InChI=1S/C26H25F7N6O2/c1-2-14-15(23(40)37-19-10-38(9-18(19)28)24(41)12-3-4-25(29,30)8-12)5-13(6-17(14)27)20-7-16(26(31,32)33)21-22(34)35-11-36-39(20)21/h5-7,11-12,18-19H,2-4,8-10H2,1H3,(H,37,40)(H2,34,35,36)/t12?,18-,19+/m0/s1. The molecule has 2 aliphatic rings. The van der Waals surface area contributed by atoms with Crippen LogP contribution in [0, 0.1) is 11.7 Å². The molecule has 0 spiro atoms. The molecule has 41 heavy (non-hydrogen) atoms. The second-order valence-electron chi connectivity index (χ2n) is 10.3. The van der Waals surface area contributed by atoms with Gasteiger partial charge in [-0.2, -0.15) is 18.3 Å². The summed E-state index contributed by atoms with van der Waals surface area (Å²) in [4.78, 5) is 30.7. The number of rotatable bonds is 5. The maximum atomic E-state index is 15.2. The molecular weight excluding hydrogens is 561 g/mol. The van der Waals surface area contributed by atoms with E-state index in [1.807, 2.05) is 0 Å². The minimum atomic E-state index is -4.85. The Bertz CT molecular complexity index is 1520. The van der Waals surface area contributed by atoms with Gasteiger partial charge in [0.15, 0.2) is 5.82 Å². The van der Waals surface area contributed by atoms with E-state index in [4.69, 9.17) is 5.73 Å². The molecule has 0 bridgehead atoms. The van der Waals surface area contributed by atoms with Crippen molar-refractivity contribution in [3.05, 3.63) is 47.0 Å². The fourth-order valence-corrected chi connectivity index (χ4v) is 5.58. The lowest BCUT2D eigenvalue weighted by Crippen LogP contribution is -2.42. The number of carbonyl (C=O) groups is 2. The molecule has 1 saturated heterocycles. The molecule has 0 radical (unpaired) electrons. The van der Waals surface area contributed by atoms with Crippen molar-refractivity contribution in [2.75, 3.05) is 18.8 Å². The van der Waals surface area contributed by atoms with Gasteiger partial charge in [-0.3, -0.25) is 9.59 Å². The summed E-state index contributed by atoms with van der Waals surface area (Å²) in [5.41, 5.74) is 3.32. The van der Waals surface area contributed by atoms with Gasteiger partial charge in [0.1, 0.15) is 23.8 Å². The average Bonchev–Trinajstić information content (AvgIpc) is 3.58. The zero-order valence-electron chi connectivity index (χ0n) is 21.6. The van der Waals surface area contributed by atoms with Crippen molar-refractivity contribution in [1.82, 2.24) is 24.8 Å². The van der Waals surface area contributed by atoms with Crippen molar-refractivity contribution in [1.29, 1.82) is 0 Å². The Hall–Kier alpha value is -3.91. The third kappa shape index (κ3) is 5.28. The van der Waals surface area contributed by atoms with Crippen LogP contribution < -0.4 is 11.1 Å². The molecule has 3 atom stereocenters. The zero-order chi connectivity index (χ0) is 29.9. The van der Waals surface area contributed by atoms with Crippen LogP contribution in [0.2, 0.25) is 0 Å². The summed E-state index contributed by atoms with van der Waals surface area (Å²) >= 11 is 0. The van der Waals surface area contributed by atoms with E-state index in [0.717, 1.165) is 21.8 Å². The first-order chi connectivity index (χ1) is 19.2. The van der Waals surface area contributed by atoms with Crippen LogP contribution in [0.1, 0.15) is 47.7 Å². The Kier molecular flexibility index (Phi) is 7.10. The van der Waals surface area contributed by atoms with Crippen LogP contribution in [0.5, 0.6) is 0 Å². The molecule has 2 amide bonds. The number of benzene rings is 1. The molecule has 3 heterocycles. The largest absolute Gasteiger partial charge is 0.418 e. The van der Waals surface area contributed by atoms with Crippen LogP contribution in [-0.4, -0.2) is 62.5 Å². The lowest BCUT2D eigenvalue weighted by molar-refractivity contribution is -0.136. The number of carbonyl (C=O) groups excluding carboxylic acids is 2. The Labute approximate surface area is 228 Å². The van der Waals surface area contributed by atoms with Crippen molar-refractivity contribution in [2.24, 2.45) is 5.92 Å². The van der Waals surface area contributed by atoms with Crippen LogP contribution in [0.4, 0.5) is 36.6 Å². The van der Waals surface area contributed by atoms with Crippen molar-refractivity contribution in [3.63, 3.8) is 0 Å². The van der Waals surface area contributed by atoms with Gasteiger partial charge in [0.25, 0.3) is 5.91 Å². The highest BCUT2D eigenvalue weighted by atomic mass is 19.4. The minimum absolute atomic E-state index is 0.0245. The molecule has 1 unspecified atom stereocenters. The van der Waals surface area contributed by atoms with Gasteiger partial charge in [-0.1, -0.05) is 6.92 Å². The van der Waals surface area contributed by atoms with E-state index in [0.29, 0.717) is 6.07 Å². The van der Waals surface area contributed by atoms with E-state index in [1.54, 1.807) is 6.92 Å². The van der Waals surface area contributed by atoms with Gasteiger partial charge in [-0.05, 0) is 31.0 Å². The Morgan fingerprint density at radius 3 is 2.56 bits per heavy atom. The number of likely N-dealkylation sites (tertiary alicyclic amines) is 1. The molecule has 8 nitrogen and oxygen atoms in total. The molecule has 2 aromatic heterocycles. The van der Waals surface area contributed by atoms with E-state index >= 15 is 4.39 Å². The van der Waals surface area contributed by atoms with Crippen molar-refractivity contribution in [3.8, 4) is 11.3 Å². The highest BCUT2D eigenvalue weighted by molar-refractivity contribution is 5.97. The number of anilines is 1. The molecule has 5 rings (SSSR count). The van der Waals surface area contributed by atoms with Gasteiger partial charge in [0, 0.05) is 42.0 Å². The summed E-state index contributed by atoms with van der Waals surface area (Å²) in [7, 11) is 0. The van der Waals surface area contributed by atoms with Crippen LogP contribution in [0.25, 0.3) is 16.8 Å². The molecule has 3 N–H and O–H groups in total. The van der Waals surface area contributed by atoms with Crippen molar-refractivity contribution >= 4 is 23.1 Å². The topological polar surface area (TPSA) is 106 Å². The molecule has 15 heteroatoms. The van der Waals surface area contributed by atoms with Gasteiger partial charge in [-0.15, -0.1) is 0 Å². The molecular formula is C26H25F7N6O2. The molecule has 1 saturated carbocycles. The molecule has 1 aliphatic carbocycles. The number of amides is 2. The number of fused-ring (bicyclic) bond motifs is 1. The third-order valence-corrected chi connectivity index (χ3v) is 7.61. The zero-order valence-corrected chi connectivity index (χ0v) is 21.6. The number of nitrogens with zero attached hydrogens (tertiary/aromatic N) is 4. The SMILES string of the molecule is CCc1c(F)cc(-c2cc(C(F)(F)F)c3c(N)ncnn23)cc1C(=O)N[C@@H]1CN(C(=O)C2CCC(F)(F)C2)C[C@@H]1F. The Morgan fingerprint density at radius 1 is 1.20 bits per heavy atom. The van der Waals surface area contributed by atoms with Gasteiger partial charge >= 0.3 is 6.18 Å². The normalized spacial score (nSPS) is 22.4.